The van der Waals surface area contributed by atoms with E-state index in [-0.39, 0.29) is 5.91 Å². The summed E-state index contributed by atoms with van der Waals surface area (Å²) in [5.41, 5.74) is 0.364. The lowest BCUT2D eigenvalue weighted by molar-refractivity contribution is -0.141. The van der Waals surface area contributed by atoms with Gasteiger partial charge in [0.25, 0.3) is 5.91 Å². The molecule has 0 aromatic heterocycles. The van der Waals surface area contributed by atoms with Gasteiger partial charge in [-0.25, -0.2) is 4.79 Å². The first-order valence-corrected chi connectivity index (χ1v) is 7.31. The van der Waals surface area contributed by atoms with E-state index in [9.17, 15) is 9.59 Å². The molecule has 1 aromatic rings. The summed E-state index contributed by atoms with van der Waals surface area (Å²) in [4.78, 5) is 24.5. The van der Waals surface area contributed by atoms with Crippen molar-refractivity contribution in [2.24, 2.45) is 0 Å². The summed E-state index contributed by atoms with van der Waals surface area (Å²) in [6.07, 6.45) is 0.866. The molecule has 0 saturated heterocycles. The number of amides is 1. The zero-order valence-corrected chi connectivity index (χ0v) is 13.5. The first kappa shape index (κ1) is 17.8. The highest BCUT2D eigenvalue weighted by Crippen LogP contribution is 2.29. The minimum atomic E-state index is -1.05. The second-order valence-corrected chi connectivity index (χ2v) is 4.87. The van der Waals surface area contributed by atoms with Gasteiger partial charge < -0.3 is 19.5 Å². The summed E-state index contributed by atoms with van der Waals surface area (Å²) in [5, 5.41) is 8.99. The monoisotopic (exact) mass is 309 g/mol. The van der Waals surface area contributed by atoms with Crippen molar-refractivity contribution in [2.75, 3.05) is 20.3 Å². The standard InChI is InChI=1S/C16H23NO5/c1-5-9-22-13-8-7-12(10-14(13)21-6-2)15(18)17(4)11(3)16(19)20/h7-8,10-11H,5-6,9H2,1-4H3,(H,19,20). The average molecular weight is 309 g/mol. The molecule has 22 heavy (non-hydrogen) atoms. The number of ether oxygens (including phenoxy) is 2. The Morgan fingerprint density at radius 2 is 1.91 bits per heavy atom. The van der Waals surface area contributed by atoms with Crippen molar-refractivity contribution in [3.05, 3.63) is 23.8 Å². The van der Waals surface area contributed by atoms with Gasteiger partial charge in [0.1, 0.15) is 6.04 Å². The third-order valence-corrected chi connectivity index (χ3v) is 3.21. The van der Waals surface area contributed by atoms with E-state index in [4.69, 9.17) is 14.6 Å². The van der Waals surface area contributed by atoms with E-state index in [0.717, 1.165) is 6.42 Å². The lowest BCUT2D eigenvalue weighted by Gasteiger charge is -2.22. The third kappa shape index (κ3) is 4.38. The Morgan fingerprint density at radius 3 is 2.45 bits per heavy atom. The van der Waals surface area contributed by atoms with Crippen molar-refractivity contribution >= 4 is 11.9 Å². The van der Waals surface area contributed by atoms with Crippen LogP contribution in [0.2, 0.25) is 0 Å². The Morgan fingerprint density at radius 1 is 1.23 bits per heavy atom. The molecule has 6 nitrogen and oxygen atoms in total. The van der Waals surface area contributed by atoms with E-state index in [2.05, 4.69) is 0 Å². The van der Waals surface area contributed by atoms with Crippen LogP contribution in [0.1, 0.15) is 37.6 Å². The van der Waals surface area contributed by atoms with Crippen molar-refractivity contribution in [1.29, 1.82) is 0 Å². The molecular formula is C16H23NO5. The van der Waals surface area contributed by atoms with Crippen LogP contribution >= 0.6 is 0 Å². The lowest BCUT2D eigenvalue weighted by atomic mass is 10.1. The predicted octanol–water partition coefficient (Wildman–Crippen LogP) is 2.42. The maximum Gasteiger partial charge on any atom is 0.326 e. The van der Waals surface area contributed by atoms with Crippen LogP contribution in [0.4, 0.5) is 0 Å². The molecule has 1 amide bonds. The summed E-state index contributed by atoms with van der Waals surface area (Å²) in [7, 11) is 1.46. The number of rotatable bonds is 8. The summed E-state index contributed by atoms with van der Waals surface area (Å²) in [6.45, 7) is 6.31. The SMILES string of the molecule is CCCOc1ccc(C(=O)N(C)C(C)C(=O)O)cc1OCC. The molecule has 1 unspecified atom stereocenters. The van der Waals surface area contributed by atoms with Crippen LogP contribution in [0, 0.1) is 0 Å². The average Bonchev–Trinajstić information content (AvgIpc) is 2.51. The van der Waals surface area contributed by atoms with Gasteiger partial charge >= 0.3 is 5.97 Å². The quantitative estimate of drug-likeness (QED) is 0.798. The van der Waals surface area contributed by atoms with Crippen LogP contribution in [0.5, 0.6) is 11.5 Å². The van der Waals surface area contributed by atoms with Crippen LogP contribution in [-0.4, -0.2) is 48.2 Å². The van der Waals surface area contributed by atoms with Gasteiger partial charge in [-0.05, 0) is 38.5 Å². The largest absolute Gasteiger partial charge is 0.490 e. The van der Waals surface area contributed by atoms with Crippen molar-refractivity contribution < 1.29 is 24.2 Å². The van der Waals surface area contributed by atoms with Crippen LogP contribution in [0.15, 0.2) is 18.2 Å². The van der Waals surface area contributed by atoms with Gasteiger partial charge in [0, 0.05) is 12.6 Å². The molecule has 122 valence electrons. The van der Waals surface area contributed by atoms with Crippen molar-refractivity contribution in [3.63, 3.8) is 0 Å². The molecular weight excluding hydrogens is 286 g/mol. The first-order chi connectivity index (χ1) is 10.4. The number of aliphatic carboxylic acids is 1. The molecule has 0 aliphatic rings. The van der Waals surface area contributed by atoms with Gasteiger partial charge in [-0.3, -0.25) is 4.79 Å². The Hall–Kier alpha value is -2.24. The van der Waals surface area contributed by atoms with Gasteiger partial charge in [0.15, 0.2) is 11.5 Å². The van der Waals surface area contributed by atoms with Crippen LogP contribution in [0.25, 0.3) is 0 Å². The molecule has 0 aliphatic heterocycles. The fourth-order valence-corrected chi connectivity index (χ4v) is 1.79. The molecule has 0 saturated carbocycles. The number of carbonyl (C=O) groups excluding carboxylic acids is 1. The fourth-order valence-electron chi connectivity index (χ4n) is 1.79. The van der Waals surface area contributed by atoms with Crippen LogP contribution in [0.3, 0.4) is 0 Å². The Bertz CT molecular complexity index is 529. The molecule has 1 atom stereocenters. The molecule has 6 heteroatoms. The lowest BCUT2D eigenvalue weighted by Crippen LogP contribution is -2.40. The van der Waals surface area contributed by atoms with Crippen LogP contribution < -0.4 is 9.47 Å². The van der Waals surface area contributed by atoms with Gasteiger partial charge in [0.05, 0.1) is 13.2 Å². The summed E-state index contributed by atoms with van der Waals surface area (Å²) < 4.78 is 11.1. The topological polar surface area (TPSA) is 76.1 Å². The fraction of sp³-hybridized carbons (Fsp3) is 0.500. The van der Waals surface area contributed by atoms with Crippen molar-refractivity contribution in [1.82, 2.24) is 4.90 Å². The second-order valence-electron chi connectivity index (χ2n) is 4.87. The second kappa shape index (κ2) is 8.26. The molecule has 0 radical (unpaired) electrons. The minimum absolute atomic E-state index is 0.364. The van der Waals surface area contributed by atoms with Crippen molar-refractivity contribution in [3.8, 4) is 11.5 Å². The Kier molecular flexibility index (Phi) is 6.69. The van der Waals surface area contributed by atoms with E-state index in [0.29, 0.717) is 30.3 Å². The summed E-state index contributed by atoms with van der Waals surface area (Å²) >= 11 is 0. The zero-order valence-electron chi connectivity index (χ0n) is 13.5. The molecule has 1 rings (SSSR count). The van der Waals surface area contributed by atoms with Crippen LogP contribution in [-0.2, 0) is 4.79 Å². The van der Waals surface area contributed by atoms with E-state index < -0.39 is 12.0 Å². The zero-order chi connectivity index (χ0) is 16.7. The van der Waals surface area contributed by atoms with Gasteiger partial charge in [0.2, 0.25) is 0 Å². The number of likely N-dealkylation sites (N-methyl/N-ethyl adjacent to an activating group) is 1. The van der Waals surface area contributed by atoms with E-state index in [1.54, 1.807) is 18.2 Å². The maximum atomic E-state index is 12.3. The number of carbonyl (C=O) groups is 2. The van der Waals surface area contributed by atoms with E-state index in [1.165, 1.54) is 18.9 Å². The van der Waals surface area contributed by atoms with Gasteiger partial charge in [-0.1, -0.05) is 6.92 Å². The molecule has 1 N–H and O–H groups in total. The number of hydrogen-bond donors (Lipinski definition) is 1. The molecule has 0 spiro atoms. The van der Waals surface area contributed by atoms with E-state index in [1.807, 2.05) is 13.8 Å². The highest BCUT2D eigenvalue weighted by Gasteiger charge is 2.23. The summed E-state index contributed by atoms with van der Waals surface area (Å²) in [5.74, 6) is -0.367. The Balaban J connectivity index is 3.02. The smallest absolute Gasteiger partial charge is 0.326 e. The highest BCUT2D eigenvalue weighted by atomic mass is 16.5. The molecule has 0 heterocycles. The molecule has 0 aliphatic carbocycles. The molecule has 0 bridgehead atoms. The number of carboxylic acids is 1. The third-order valence-electron chi connectivity index (χ3n) is 3.21. The molecule has 0 fully saturated rings. The van der Waals surface area contributed by atoms with Gasteiger partial charge in [-0.15, -0.1) is 0 Å². The predicted molar refractivity (Wildman–Crippen MR) is 82.6 cm³/mol. The number of nitrogens with zero attached hydrogens (tertiary/aromatic N) is 1. The normalized spacial score (nSPS) is 11.6. The highest BCUT2D eigenvalue weighted by molar-refractivity contribution is 5.96. The van der Waals surface area contributed by atoms with Gasteiger partial charge in [-0.2, -0.15) is 0 Å². The maximum absolute atomic E-state index is 12.3. The number of hydrogen-bond acceptors (Lipinski definition) is 4. The molecule has 1 aromatic carbocycles. The summed E-state index contributed by atoms with van der Waals surface area (Å²) in [6, 6.07) is 3.97. The minimum Gasteiger partial charge on any atom is -0.490 e. The number of carboxylic acid groups (broad SMARTS) is 1. The van der Waals surface area contributed by atoms with E-state index >= 15 is 0 Å². The Labute approximate surface area is 130 Å². The number of benzene rings is 1. The first-order valence-electron chi connectivity index (χ1n) is 7.31. The van der Waals surface area contributed by atoms with Crippen molar-refractivity contribution in [2.45, 2.75) is 33.2 Å².